The fourth-order valence-electron chi connectivity index (χ4n) is 1.83. The maximum Gasteiger partial charge on any atom is 0.243 e. The summed E-state index contributed by atoms with van der Waals surface area (Å²) in [5, 5.41) is 5.58. The van der Waals surface area contributed by atoms with Crippen molar-refractivity contribution < 1.29 is 14.3 Å². The van der Waals surface area contributed by atoms with Crippen LogP contribution in [0.5, 0.6) is 5.75 Å². The van der Waals surface area contributed by atoms with Gasteiger partial charge in [0, 0.05) is 12.2 Å². The topological polar surface area (TPSA) is 96.7 Å². The largest absolute Gasteiger partial charge is 0.491 e. The molecule has 0 radical (unpaired) electrons. The zero-order valence-electron chi connectivity index (χ0n) is 15.1. The molecular weight excluding hydrogens is 344 g/mol. The lowest BCUT2D eigenvalue weighted by Gasteiger charge is -2.15. The van der Waals surface area contributed by atoms with Gasteiger partial charge in [0.05, 0.1) is 17.6 Å². The number of carbonyl (C=O) groups excluding carboxylic acids is 2. The van der Waals surface area contributed by atoms with Crippen LogP contribution in [0.25, 0.3) is 0 Å². The third-order valence-electron chi connectivity index (χ3n) is 3.46. The van der Waals surface area contributed by atoms with Crippen molar-refractivity contribution in [3.05, 3.63) is 23.2 Å². The molecule has 0 bridgehead atoms. The van der Waals surface area contributed by atoms with Crippen molar-refractivity contribution in [2.45, 2.75) is 19.9 Å². The number of likely N-dealkylation sites (N-methyl/N-ethyl adjacent to an activating group) is 1. The number of hydrogen-bond acceptors (Lipinski definition) is 5. The van der Waals surface area contributed by atoms with Crippen molar-refractivity contribution in [3.8, 4) is 5.75 Å². The lowest BCUT2D eigenvalue weighted by molar-refractivity contribution is -0.125. The quantitative estimate of drug-likeness (QED) is 0.609. The van der Waals surface area contributed by atoms with E-state index in [4.69, 9.17) is 22.1 Å². The molecule has 140 valence electrons. The second-order valence-electron chi connectivity index (χ2n) is 6.33. The van der Waals surface area contributed by atoms with E-state index in [2.05, 4.69) is 10.6 Å². The Morgan fingerprint density at radius 1 is 1.32 bits per heavy atom. The van der Waals surface area contributed by atoms with Crippen LogP contribution in [0.4, 0.5) is 5.69 Å². The van der Waals surface area contributed by atoms with Gasteiger partial charge in [-0.05, 0) is 38.2 Å². The number of anilines is 1. The predicted octanol–water partition coefficient (Wildman–Crippen LogP) is 1.32. The first kappa shape index (κ1) is 21.2. The first-order chi connectivity index (χ1) is 11.7. The zero-order chi connectivity index (χ0) is 19.0. The monoisotopic (exact) mass is 370 g/mol. The maximum absolute atomic E-state index is 11.9. The molecule has 2 amide bonds. The number of rotatable bonds is 9. The van der Waals surface area contributed by atoms with E-state index in [-0.39, 0.29) is 24.3 Å². The van der Waals surface area contributed by atoms with Crippen molar-refractivity contribution in [2.75, 3.05) is 39.1 Å². The number of ether oxygens (including phenoxy) is 1. The first-order valence-corrected chi connectivity index (χ1v) is 8.48. The minimum Gasteiger partial charge on any atom is -0.491 e. The van der Waals surface area contributed by atoms with Gasteiger partial charge >= 0.3 is 0 Å². The summed E-state index contributed by atoms with van der Waals surface area (Å²) in [5.74, 6) is -0.158. The molecule has 0 saturated heterocycles. The summed E-state index contributed by atoms with van der Waals surface area (Å²) >= 11 is 6.16. The van der Waals surface area contributed by atoms with Crippen LogP contribution in [0.3, 0.4) is 0 Å². The molecule has 8 heteroatoms. The number of amides is 2. The van der Waals surface area contributed by atoms with Crippen molar-refractivity contribution >= 4 is 29.1 Å². The van der Waals surface area contributed by atoms with E-state index in [1.54, 1.807) is 18.2 Å². The van der Waals surface area contributed by atoms with Gasteiger partial charge < -0.3 is 26.0 Å². The van der Waals surface area contributed by atoms with E-state index in [1.165, 1.54) is 0 Å². The summed E-state index contributed by atoms with van der Waals surface area (Å²) in [6.07, 6.45) is 0. The molecule has 25 heavy (non-hydrogen) atoms. The SMILES string of the molecule is CC(C)[C@H](N)C(=O)NCC(=O)Nc1ccc(OCCN(C)C)c(Cl)c1. The molecule has 0 aromatic heterocycles. The highest BCUT2D eigenvalue weighted by Crippen LogP contribution is 2.27. The molecule has 0 aliphatic rings. The summed E-state index contributed by atoms with van der Waals surface area (Å²) in [4.78, 5) is 25.6. The Morgan fingerprint density at radius 3 is 2.56 bits per heavy atom. The molecular formula is C17H27ClN4O3. The zero-order valence-corrected chi connectivity index (χ0v) is 15.9. The number of halogens is 1. The van der Waals surface area contributed by atoms with E-state index in [0.717, 1.165) is 6.54 Å². The van der Waals surface area contributed by atoms with Gasteiger partial charge in [-0.3, -0.25) is 9.59 Å². The van der Waals surface area contributed by atoms with Crippen LogP contribution in [0.1, 0.15) is 13.8 Å². The molecule has 1 rings (SSSR count). The van der Waals surface area contributed by atoms with Crippen LogP contribution in [-0.4, -0.2) is 56.5 Å². The van der Waals surface area contributed by atoms with Gasteiger partial charge in [-0.15, -0.1) is 0 Å². The third-order valence-corrected chi connectivity index (χ3v) is 3.75. The second kappa shape index (κ2) is 10.2. The third kappa shape index (κ3) is 7.72. The lowest BCUT2D eigenvalue weighted by Crippen LogP contribution is -2.46. The fourth-order valence-corrected chi connectivity index (χ4v) is 2.06. The van der Waals surface area contributed by atoms with Gasteiger partial charge in [0.15, 0.2) is 0 Å². The highest BCUT2D eigenvalue weighted by atomic mass is 35.5. The Labute approximate surface area is 153 Å². The van der Waals surface area contributed by atoms with Crippen LogP contribution in [0.2, 0.25) is 5.02 Å². The average molecular weight is 371 g/mol. The molecule has 0 spiro atoms. The number of nitrogens with zero attached hydrogens (tertiary/aromatic N) is 1. The number of carbonyl (C=O) groups is 2. The molecule has 0 aliphatic carbocycles. The highest BCUT2D eigenvalue weighted by molar-refractivity contribution is 6.32. The van der Waals surface area contributed by atoms with Gasteiger partial charge in [-0.1, -0.05) is 25.4 Å². The summed E-state index contributed by atoms with van der Waals surface area (Å²) in [7, 11) is 3.91. The smallest absolute Gasteiger partial charge is 0.243 e. The van der Waals surface area contributed by atoms with Gasteiger partial charge in [-0.25, -0.2) is 0 Å². The second-order valence-corrected chi connectivity index (χ2v) is 6.74. The molecule has 4 N–H and O–H groups in total. The van der Waals surface area contributed by atoms with Crippen molar-refractivity contribution in [2.24, 2.45) is 11.7 Å². The van der Waals surface area contributed by atoms with Gasteiger partial charge in [0.2, 0.25) is 11.8 Å². The molecule has 0 fully saturated rings. The fraction of sp³-hybridized carbons (Fsp3) is 0.529. The van der Waals surface area contributed by atoms with E-state index >= 15 is 0 Å². The van der Waals surface area contributed by atoms with E-state index < -0.39 is 6.04 Å². The summed E-state index contributed by atoms with van der Waals surface area (Å²) in [5.41, 5.74) is 6.24. The molecule has 1 aromatic rings. The van der Waals surface area contributed by atoms with Crippen LogP contribution in [0.15, 0.2) is 18.2 Å². The molecule has 0 heterocycles. The minimum atomic E-state index is -0.638. The Hall–Kier alpha value is -1.83. The molecule has 0 aliphatic heterocycles. The molecule has 1 aromatic carbocycles. The predicted molar refractivity (Wildman–Crippen MR) is 100.0 cm³/mol. The Balaban J connectivity index is 2.49. The maximum atomic E-state index is 11.9. The molecule has 1 atom stereocenters. The summed E-state index contributed by atoms with van der Waals surface area (Å²) in [6.45, 7) is 4.81. The molecule has 7 nitrogen and oxygen atoms in total. The Kier molecular flexibility index (Phi) is 8.68. The Morgan fingerprint density at radius 2 is 2.00 bits per heavy atom. The molecule has 0 saturated carbocycles. The number of nitrogens with two attached hydrogens (primary N) is 1. The van der Waals surface area contributed by atoms with Crippen molar-refractivity contribution in [3.63, 3.8) is 0 Å². The van der Waals surface area contributed by atoms with Gasteiger partial charge in [0.25, 0.3) is 0 Å². The number of hydrogen-bond donors (Lipinski definition) is 3. The van der Waals surface area contributed by atoms with E-state index in [1.807, 2.05) is 32.8 Å². The van der Waals surface area contributed by atoms with Crippen LogP contribution in [-0.2, 0) is 9.59 Å². The summed E-state index contributed by atoms with van der Waals surface area (Å²) in [6, 6.07) is 4.35. The molecule has 0 unspecified atom stereocenters. The number of benzene rings is 1. The van der Waals surface area contributed by atoms with Gasteiger partial charge in [0.1, 0.15) is 12.4 Å². The average Bonchev–Trinajstić information content (AvgIpc) is 2.53. The number of nitrogens with one attached hydrogen (secondary N) is 2. The minimum absolute atomic E-state index is 0.00177. The van der Waals surface area contributed by atoms with Crippen molar-refractivity contribution in [1.82, 2.24) is 10.2 Å². The Bertz CT molecular complexity index is 593. The summed E-state index contributed by atoms with van der Waals surface area (Å²) < 4.78 is 5.58. The normalized spacial score (nSPS) is 12.2. The van der Waals surface area contributed by atoms with E-state index in [0.29, 0.717) is 23.1 Å². The van der Waals surface area contributed by atoms with E-state index in [9.17, 15) is 9.59 Å². The van der Waals surface area contributed by atoms with Gasteiger partial charge in [-0.2, -0.15) is 0 Å². The standard InChI is InChI=1S/C17H27ClN4O3/c1-11(2)16(19)17(24)20-10-15(23)21-12-5-6-14(13(18)9-12)25-8-7-22(3)4/h5-6,9,11,16H,7-8,10,19H2,1-4H3,(H,20,24)(H,21,23)/t16-/m0/s1. The van der Waals surface area contributed by atoms with Crippen LogP contribution in [0, 0.1) is 5.92 Å². The van der Waals surface area contributed by atoms with Crippen LogP contribution < -0.4 is 21.1 Å². The van der Waals surface area contributed by atoms with Crippen LogP contribution >= 0.6 is 11.6 Å². The van der Waals surface area contributed by atoms with Crippen molar-refractivity contribution in [1.29, 1.82) is 0 Å². The lowest BCUT2D eigenvalue weighted by atomic mass is 10.1. The highest BCUT2D eigenvalue weighted by Gasteiger charge is 2.17. The first-order valence-electron chi connectivity index (χ1n) is 8.11.